The summed E-state index contributed by atoms with van der Waals surface area (Å²) in [6, 6.07) is 11.1. The van der Waals surface area contributed by atoms with Gasteiger partial charge < -0.3 is 19.6 Å². The molecular weight excluding hydrogens is 409 g/mol. The Morgan fingerprint density at radius 3 is 2.55 bits per heavy atom. The monoisotopic (exact) mass is 427 g/mol. The normalized spacial score (nSPS) is 10.9. The van der Waals surface area contributed by atoms with Gasteiger partial charge in [0.1, 0.15) is 18.2 Å². The SMILES string of the molecule is CCOc1cc(C=Cc2nc(O)c([N+](=O)[O-])c(=O)[nH]2)ccc1OCc1ccc(F)cc1. The number of halogens is 1. The van der Waals surface area contributed by atoms with Crippen molar-refractivity contribution in [2.24, 2.45) is 0 Å². The highest BCUT2D eigenvalue weighted by atomic mass is 19.1. The molecule has 160 valence electrons. The van der Waals surface area contributed by atoms with Crippen molar-refractivity contribution in [3.05, 3.63) is 85.7 Å². The van der Waals surface area contributed by atoms with E-state index in [1.165, 1.54) is 18.2 Å². The lowest BCUT2D eigenvalue weighted by molar-refractivity contribution is -0.387. The van der Waals surface area contributed by atoms with E-state index in [-0.39, 0.29) is 18.2 Å². The molecule has 0 saturated heterocycles. The molecule has 1 aromatic heterocycles. The highest BCUT2D eigenvalue weighted by Gasteiger charge is 2.21. The van der Waals surface area contributed by atoms with E-state index in [1.54, 1.807) is 36.4 Å². The van der Waals surface area contributed by atoms with E-state index in [0.717, 1.165) is 5.56 Å². The number of aromatic hydroxyl groups is 1. The van der Waals surface area contributed by atoms with Gasteiger partial charge in [-0.2, -0.15) is 4.98 Å². The van der Waals surface area contributed by atoms with Crippen LogP contribution in [0.4, 0.5) is 10.1 Å². The third-order valence-electron chi connectivity index (χ3n) is 4.09. The molecule has 0 aliphatic heterocycles. The average molecular weight is 427 g/mol. The number of nitro groups is 1. The van der Waals surface area contributed by atoms with E-state index in [9.17, 15) is 24.4 Å². The minimum atomic E-state index is -1.06. The molecule has 0 saturated carbocycles. The first-order chi connectivity index (χ1) is 14.9. The number of ether oxygens (including phenoxy) is 2. The molecule has 0 unspecified atom stereocenters. The van der Waals surface area contributed by atoms with E-state index in [0.29, 0.717) is 23.7 Å². The van der Waals surface area contributed by atoms with Gasteiger partial charge in [-0.15, -0.1) is 0 Å². The van der Waals surface area contributed by atoms with E-state index in [2.05, 4.69) is 9.97 Å². The van der Waals surface area contributed by atoms with Crippen LogP contribution in [0.25, 0.3) is 12.2 Å². The van der Waals surface area contributed by atoms with Gasteiger partial charge in [-0.1, -0.05) is 24.3 Å². The molecule has 0 aliphatic carbocycles. The maximum atomic E-state index is 13.0. The second-order valence-corrected chi connectivity index (χ2v) is 6.27. The van der Waals surface area contributed by atoms with Gasteiger partial charge >= 0.3 is 11.2 Å². The molecule has 0 amide bonds. The van der Waals surface area contributed by atoms with Gasteiger partial charge in [0.2, 0.25) is 0 Å². The molecule has 2 aromatic carbocycles. The summed E-state index contributed by atoms with van der Waals surface area (Å²) in [7, 11) is 0. The summed E-state index contributed by atoms with van der Waals surface area (Å²) in [5.74, 6) is -0.384. The average Bonchev–Trinajstić information content (AvgIpc) is 2.72. The van der Waals surface area contributed by atoms with Crippen LogP contribution in [0, 0.1) is 15.9 Å². The van der Waals surface area contributed by atoms with Gasteiger partial charge in [0.15, 0.2) is 11.5 Å². The lowest BCUT2D eigenvalue weighted by Crippen LogP contribution is -2.14. The highest BCUT2D eigenvalue weighted by Crippen LogP contribution is 2.30. The Morgan fingerprint density at radius 1 is 1.16 bits per heavy atom. The Bertz CT molecular complexity index is 1170. The Balaban J connectivity index is 1.79. The van der Waals surface area contributed by atoms with Crippen LogP contribution < -0.4 is 15.0 Å². The molecule has 3 rings (SSSR count). The quantitative estimate of drug-likeness (QED) is 0.415. The minimum absolute atomic E-state index is 0.0531. The first-order valence-electron chi connectivity index (χ1n) is 9.17. The van der Waals surface area contributed by atoms with Crippen molar-refractivity contribution in [1.82, 2.24) is 9.97 Å². The van der Waals surface area contributed by atoms with Gasteiger partial charge in [0.25, 0.3) is 5.88 Å². The first kappa shape index (κ1) is 21.5. The summed E-state index contributed by atoms with van der Waals surface area (Å²) in [5, 5.41) is 20.3. The van der Waals surface area contributed by atoms with Crippen molar-refractivity contribution in [1.29, 1.82) is 0 Å². The topological polar surface area (TPSA) is 128 Å². The zero-order chi connectivity index (χ0) is 22.4. The molecular formula is C21H18FN3O6. The standard InChI is InChI=1S/C21H18FN3O6/c1-2-30-17-11-13(5-9-16(17)31-12-14-3-7-15(22)8-4-14)6-10-18-23-20(26)19(25(28)29)21(27)24-18/h3-11H,2,12H2,1H3,(H2,23,24,26,27). The van der Waals surface area contributed by atoms with Crippen molar-refractivity contribution < 1.29 is 23.9 Å². The van der Waals surface area contributed by atoms with Crippen LogP contribution >= 0.6 is 0 Å². The van der Waals surface area contributed by atoms with Crippen LogP contribution in [0.2, 0.25) is 0 Å². The Labute approximate surface area is 175 Å². The second-order valence-electron chi connectivity index (χ2n) is 6.27. The fourth-order valence-electron chi connectivity index (χ4n) is 2.65. The summed E-state index contributed by atoms with van der Waals surface area (Å²) in [4.78, 5) is 27.3. The summed E-state index contributed by atoms with van der Waals surface area (Å²) in [6.07, 6.45) is 2.96. The highest BCUT2D eigenvalue weighted by molar-refractivity contribution is 5.68. The number of H-pyrrole nitrogens is 1. The molecule has 2 N–H and O–H groups in total. The van der Waals surface area contributed by atoms with Crippen molar-refractivity contribution in [2.75, 3.05) is 6.61 Å². The molecule has 10 heteroatoms. The summed E-state index contributed by atoms with van der Waals surface area (Å²) < 4.78 is 24.4. The number of aromatic amines is 1. The van der Waals surface area contributed by atoms with Crippen molar-refractivity contribution >= 4 is 17.8 Å². The zero-order valence-corrected chi connectivity index (χ0v) is 16.4. The number of nitrogens with zero attached hydrogens (tertiary/aromatic N) is 2. The van der Waals surface area contributed by atoms with Crippen LogP contribution in [-0.2, 0) is 6.61 Å². The molecule has 31 heavy (non-hydrogen) atoms. The molecule has 0 fully saturated rings. The fraction of sp³-hybridized carbons (Fsp3) is 0.143. The maximum absolute atomic E-state index is 13.0. The van der Waals surface area contributed by atoms with Crippen LogP contribution in [-0.4, -0.2) is 26.6 Å². The molecule has 0 aliphatic rings. The number of hydrogen-bond donors (Lipinski definition) is 2. The zero-order valence-electron chi connectivity index (χ0n) is 16.4. The van der Waals surface area contributed by atoms with E-state index < -0.39 is 22.0 Å². The molecule has 0 atom stereocenters. The predicted molar refractivity (Wildman–Crippen MR) is 110 cm³/mol. The predicted octanol–water partition coefficient (Wildman–Crippen LogP) is 3.67. The number of hydrogen-bond acceptors (Lipinski definition) is 7. The van der Waals surface area contributed by atoms with Crippen molar-refractivity contribution in [3.8, 4) is 17.4 Å². The first-order valence-corrected chi connectivity index (χ1v) is 9.17. The van der Waals surface area contributed by atoms with E-state index >= 15 is 0 Å². The lowest BCUT2D eigenvalue weighted by Gasteiger charge is -2.13. The Hall–Kier alpha value is -4.21. The number of benzene rings is 2. The van der Waals surface area contributed by atoms with E-state index in [4.69, 9.17) is 9.47 Å². The van der Waals surface area contributed by atoms with Gasteiger partial charge in [-0.25, -0.2) is 4.39 Å². The molecule has 3 aromatic rings. The Kier molecular flexibility index (Phi) is 6.61. The molecule has 0 spiro atoms. The lowest BCUT2D eigenvalue weighted by atomic mass is 10.2. The minimum Gasteiger partial charge on any atom is -0.490 e. The van der Waals surface area contributed by atoms with Crippen LogP contribution in [0.15, 0.2) is 47.3 Å². The molecule has 9 nitrogen and oxygen atoms in total. The second kappa shape index (κ2) is 9.53. The van der Waals surface area contributed by atoms with Crippen molar-refractivity contribution in [3.63, 3.8) is 0 Å². The number of nitrogens with one attached hydrogen (secondary N) is 1. The van der Waals surface area contributed by atoms with Gasteiger partial charge in [-0.3, -0.25) is 14.9 Å². The van der Waals surface area contributed by atoms with Crippen LogP contribution in [0.3, 0.4) is 0 Å². The third kappa shape index (κ3) is 5.44. The molecule has 1 heterocycles. The van der Waals surface area contributed by atoms with E-state index in [1.807, 2.05) is 6.92 Å². The summed E-state index contributed by atoms with van der Waals surface area (Å²) >= 11 is 0. The maximum Gasteiger partial charge on any atom is 0.395 e. The molecule has 0 bridgehead atoms. The van der Waals surface area contributed by atoms with Crippen LogP contribution in [0.1, 0.15) is 23.9 Å². The number of rotatable bonds is 8. The van der Waals surface area contributed by atoms with Gasteiger partial charge in [0.05, 0.1) is 11.5 Å². The third-order valence-corrected chi connectivity index (χ3v) is 4.09. The van der Waals surface area contributed by atoms with Gasteiger partial charge in [0, 0.05) is 0 Å². The molecule has 0 radical (unpaired) electrons. The smallest absolute Gasteiger partial charge is 0.395 e. The largest absolute Gasteiger partial charge is 0.490 e. The van der Waals surface area contributed by atoms with Crippen LogP contribution in [0.5, 0.6) is 17.4 Å². The Morgan fingerprint density at radius 2 is 1.90 bits per heavy atom. The number of aromatic nitrogens is 2. The summed E-state index contributed by atoms with van der Waals surface area (Å²) in [5.41, 5.74) is -0.617. The van der Waals surface area contributed by atoms with Gasteiger partial charge in [-0.05, 0) is 48.4 Å². The summed E-state index contributed by atoms with van der Waals surface area (Å²) in [6.45, 7) is 2.44. The van der Waals surface area contributed by atoms with Crippen molar-refractivity contribution in [2.45, 2.75) is 13.5 Å². The fourth-order valence-corrected chi connectivity index (χ4v) is 2.65.